The zero-order valence-corrected chi connectivity index (χ0v) is 11.3. The van der Waals surface area contributed by atoms with Crippen LogP contribution in [0.15, 0.2) is 30.5 Å². The standard InChI is InChI=1S/C15H19N3O/c1-3-10(4-2)15(19)18-13-8-7-12(16)14-11(13)6-5-9-17-14/h5-10H,3-4,16H2,1-2H3,(H,18,19). The fourth-order valence-corrected chi connectivity index (χ4v) is 2.20. The molecule has 0 aliphatic rings. The fourth-order valence-electron chi connectivity index (χ4n) is 2.20. The first kappa shape index (κ1) is 13.3. The molecule has 0 unspecified atom stereocenters. The Morgan fingerprint density at radius 1 is 1.32 bits per heavy atom. The van der Waals surface area contributed by atoms with Crippen molar-refractivity contribution >= 4 is 28.2 Å². The fraction of sp³-hybridized carbons (Fsp3) is 0.333. The van der Waals surface area contributed by atoms with Crippen LogP contribution in [0, 0.1) is 5.92 Å². The van der Waals surface area contributed by atoms with E-state index >= 15 is 0 Å². The van der Waals surface area contributed by atoms with Gasteiger partial charge in [-0.15, -0.1) is 0 Å². The minimum absolute atomic E-state index is 0.0456. The van der Waals surface area contributed by atoms with Crippen LogP contribution in [-0.2, 0) is 4.79 Å². The van der Waals surface area contributed by atoms with Gasteiger partial charge in [0.1, 0.15) is 0 Å². The number of anilines is 2. The number of benzene rings is 1. The number of aromatic nitrogens is 1. The molecule has 0 spiro atoms. The summed E-state index contributed by atoms with van der Waals surface area (Å²) in [5.74, 6) is 0.101. The minimum Gasteiger partial charge on any atom is -0.397 e. The van der Waals surface area contributed by atoms with Gasteiger partial charge in [-0.1, -0.05) is 13.8 Å². The van der Waals surface area contributed by atoms with Crippen molar-refractivity contribution in [2.45, 2.75) is 26.7 Å². The number of carbonyl (C=O) groups is 1. The van der Waals surface area contributed by atoms with E-state index in [4.69, 9.17) is 5.73 Å². The molecule has 0 saturated heterocycles. The minimum atomic E-state index is 0.0456. The van der Waals surface area contributed by atoms with Crippen molar-refractivity contribution in [2.75, 3.05) is 11.1 Å². The number of nitrogens with one attached hydrogen (secondary N) is 1. The summed E-state index contributed by atoms with van der Waals surface area (Å²) in [5.41, 5.74) is 8.01. The topological polar surface area (TPSA) is 68.0 Å². The molecular weight excluding hydrogens is 238 g/mol. The quantitative estimate of drug-likeness (QED) is 0.826. The molecule has 4 nitrogen and oxygen atoms in total. The van der Waals surface area contributed by atoms with Crippen LogP contribution in [0.25, 0.3) is 10.9 Å². The van der Waals surface area contributed by atoms with Gasteiger partial charge in [0, 0.05) is 17.5 Å². The molecule has 0 aliphatic carbocycles. The van der Waals surface area contributed by atoms with E-state index in [0.29, 0.717) is 5.69 Å². The Morgan fingerprint density at radius 3 is 2.74 bits per heavy atom. The summed E-state index contributed by atoms with van der Waals surface area (Å²) >= 11 is 0. The normalized spacial score (nSPS) is 10.9. The van der Waals surface area contributed by atoms with Gasteiger partial charge >= 0.3 is 0 Å². The van der Waals surface area contributed by atoms with Crippen molar-refractivity contribution in [3.63, 3.8) is 0 Å². The Morgan fingerprint density at radius 2 is 2.05 bits per heavy atom. The number of nitrogen functional groups attached to an aromatic ring is 1. The van der Waals surface area contributed by atoms with E-state index in [-0.39, 0.29) is 11.8 Å². The maximum Gasteiger partial charge on any atom is 0.227 e. The average Bonchev–Trinajstić information content (AvgIpc) is 2.44. The lowest BCUT2D eigenvalue weighted by atomic mass is 10.0. The highest BCUT2D eigenvalue weighted by Crippen LogP contribution is 2.27. The Hall–Kier alpha value is -2.10. The predicted octanol–water partition coefficient (Wildman–Crippen LogP) is 3.19. The first-order valence-electron chi connectivity index (χ1n) is 6.61. The summed E-state index contributed by atoms with van der Waals surface area (Å²) in [4.78, 5) is 16.4. The van der Waals surface area contributed by atoms with Crippen LogP contribution in [0.1, 0.15) is 26.7 Å². The van der Waals surface area contributed by atoms with Crippen molar-refractivity contribution in [2.24, 2.45) is 5.92 Å². The van der Waals surface area contributed by atoms with E-state index in [9.17, 15) is 4.79 Å². The molecule has 2 aromatic rings. The van der Waals surface area contributed by atoms with Crippen LogP contribution in [-0.4, -0.2) is 10.9 Å². The summed E-state index contributed by atoms with van der Waals surface area (Å²) in [6, 6.07) is 7.37. The zero-order valence-electron chi connectivity index (χ0n) is 11.3. The van der Waals surface area contributed by atoms with Crippen LogP contribution < -0.4 is 11.1 Å². The number of hydrogen-bond acceptors (Lipinski definition) is 3. The van der Waals surface area contributed by atoms with Gasteiger partial charge in [-0.3, -0.25) is 9.78 Å². The zero-order chi connectivity index (χ0) is 13.8. The smallest absolute Gasteiger partial charge is 0.227 e. The summed E-state index contributed by atoms with van der Waals surface area (Å²) < 4.78 is 0. The van der Waals surface area contributed by atoms with Gasteiger partial charge in [0.25, 0.3) is 0 Å². The molecule has 1 aromatic heterocycles. The summed E-state index contributed by atoms with van der Waals surface area (Å²) in [7, 11) is 0. The van der Waals surface area contributed by atoms with Crippen molar-refractivity contribution in [1.29, 1.82) is 0 Å². The second kappa shape index (κ2) is 5.69. The molecule has 100 valence electrons. The molecule has 0 aliphatic heterocycles. The lowest BCUT2D eigenvalue weighted by Crippen LogP contribution is -2.21. The van der Waals surface area contributed by atoms with Crippen LogP contribution in [0.4, 0.5) is 11.4 Å². The van der Waals surface area contributed by atoms with Gasteiger partial charge in [-0.05, 0) is 37.1 Å². The second-order valence-corrected chi connectivity index (χ2v) is 4.60. The Bertz CT molecular complexity index is 591. The van der Waals surface area contributed by atoms with Gasteiger partial charge in [-0.25, -0.2) is 0 Å². The molecule has 1 aromatic carbocycles. The highest BCUT2D eigenvalue weighted by Gasteiger charge is 2.15. The molecule has 0 radical (unpaired) electrons. The molecule has 0 atom stereocenters. The molecule has 1 heterocycles. The Kier molecular flexibility index (Phi) is 4.00. The van der Waals surface area contributed by atoms with E-state index in [2.05, 4.69) is 10.3 Å². The maximum absolute atomic E-state index is 12.1. The number of carbonyl (C=O) groups excluding carboxylic acids is 1. The van der Waals surface area contributed by atoms with Crippen molar-refractivity contribution in [3.05, 3.63) is 30.5 Å². The first-order valence-corrected chi connectivity index (χ1v) is 6.61. The molecular formula is C15H19N3O. The predicted molar refractivity (Wildman–Crippen MR) is 78.9 cm³/mol. The van der Waals surface area contributed by atoms with E-state index in [1.807, 2.05) is 32.0 Å². The highest BCUT2D eigenvalue weighted by atomic mass is 16.1. The number of hydrogen-bond donors (Lipinski definition) is 2. The third-order valence-electron chi connectivity index (χ3n) is 3.42. The molecule has 0 fully saturated rings. The number of nitrogens with two attached hydrogens (primary N) is 1. The van der Waals surface area contributed by atoms with E-state index < -0.39 is 0 Å². The second-order valence-electron chi connectivity index (χ2n) is 4.60. The number of nitrogens with zero attached hydrogens (tertiary/aromatic N) is 1. The van der Waals surface area contributed by atoms with Crippen LogP contribution in [0.3, 0.4) is 0 Å². The van der Waals surface area contributed by atoms with E-state index in [0.717, 1.165) is 29.4 Å². The third-order valence-corrected chi connectivity index (χ3v) is 3.42. The van der Waals surface area contributed by atoms with Crippen molar-refractivity contribution in [3.8, 4) is 0 Å². The number of pyridine rings is 1. The molecule has 19 heavy (non-hydrogen) atoms. The largest absolute Gasteiger partial charge is 0.397 e. The molecule has 2 rings (SSSR count). The molecule has 0 bridgehead atoms. The highest BCUT2D eigenvalue weighted by molar-refractivity contribution is 6.04. The van der Waals surface area contributed by atoms with Crippen molar-refractivity contribution < 1.29 is 4.79 Å². The van der Waals surface area contributed by atoms with Gasteiger partial charge in [-0.2, -0.15) is 0 Å². The summed E-state index contributed by atoms with van der Waals surface area (Å²) in [5, 5.41) is 3.86. The molecule has 0 saturated carbocycles. The van der Waals surface area contributed by atoms with Gasteiger partial charge < -0.3 is 11.1 Å². The summed E-state index contributed by atoms with van der Waals surface area (Å²) in [6.45, 7) is 4.05. The van der Waals surface area contributed by atoms with E-state index in [1.165, 1.54) is 0 Å². The van der Waals surface area contributed by atoms with Gasteiger partial charge in [0.2, 0.25) is 5.91 Å². The first-order chi connectivity index (χ1) is 9.17. The summed E-state index contributed by atoms with van der Waals surface area (Å²) in [6.07, 6.45) is 3.38. The van der Waals surface area contributed by atoms with Gasteiger partial charge in [0.05, 0.1) is 16.9 Å². The van der Waals surface area contributed by atoms with Gasteiger partial charge in [0.15, 0.2) is 0 Å². The molecule has 4 heteroatoms. The Balaban J connectivity index is 2.36. The molecule has 3 N–H and O–H groups in total. The monoisotopic (exact) mass is 257 g/mol. The third kappa shape index (κ3) is 2.67. The lowest BCUT2D eigenvalue weighted by Gasteiger charge is -2.14. The van der Waals surface area contributed by atoms with Crippen molar-refractivity contribution in [1.82, 2.24) is 4.98 Å². The Labute approximate surface area is 113 Å². The van der Waals surface area contributed by atoms with Crippen LogP contribution in [0.2, 0.25) is 0 Å². The van der Waals surface area contributed by atoms with Crippen LogP contribution >= 0.6 is 0 Å². The molecule has 1 amide bonds. The average molecular weight is 257 g/mol. The lowest BCUT2D eigenvalue weighted by molar-refractivity contribution is -0.120. The number of amides is 1. The number of rotatable bonds is 4. The van der Waals surface area contributed by atoms with Crippen LogP contribution in [0.5, 0.6) is 0 Å². The maximum atomic E-state index is 12.1. The number of fused-ring (bicyclic) bond motifs is 1. The SMILES string of the molecule is CCC(CC)C(=O)Nc1ccc(N)c2ncccc12. The van der Waals surface area contributed by atoms with E-state index in [1.54, 1.807) is 12.3 Å².